The van der Waals surface area contributed by atoms with Gasteiger partial charge in [0.1, 0.15) is 0 Å². The molecule has 2 heteroatoms. The summed E-state index contributed by atoms with van der Waals surface area (Å²) in [5, 5.41) is 0. The van der Waals surface area contributed by atoms with Crippen molar-refractivity contribution in [2.75, 3.05) is 0 Å². The van der Waals surface area contributed by atoms with Crippen LogP contribution in [-0.2, 0) is 12.0 Å². The van der Waals surface area contributed by atoms with Crippen LogP contribution in [0.4, 0.5) is 0 Å². The van der Waals surface area contributed by atoms with E-state index in [-0.39, 0.29) is 0 Å². The first-order valence-electron chi connectivity index (χ1n) is 5.79. The summed E-state index contributed by atoms with van der Waals surface area (Å²) < 4.78 is 2.43. The summed E-state index contributed by atoms with van der Waals surface area (Å²) in [5.74, 6) is 0. The van der Waals surface area contributed by atoms with Gasteiger partial charge >= 0.3 is 0 Å². The zero-order valence-electron chi connectivity index (χ0n) is 9.77. The van der Waals surface area contributed by atoms with Gasteiger partial charge in [0.05, 0.1) is 0 Å². The van der Waals surface area contributed by atoms with Gasteiger partial charge in [-0.05, 0) is 30.7 Å². The average Bonchev–Trinajstić information content (AvgIpc) is 2.82. The molecule has 0 N–H and O–H groups in total. The number of pyridine rings is 1. The molecule has 3 heterocycles. The molecule has 0 radical (unpaired) electrons. The molecule has 2 nitrogen and oxygen atoms in total. The molecule has 0 bridgehead atoms. The fourth-order valence-corrected chi connectivity index (χ4v) is 2.59. The van der Waals surface area contributed by atoms with Gasteiger partial charge in [0.2, 0.25) is 0 Å². The predicted molar refractivity (Wildman–Crippen MR) is 65.3 cm³/mol. The van der Waals surface area contributed by atoms with E-state index in [9.17, 15) is 0 Å². The summed E-state index contributed by atoms with van der Waals surface area (Å²) in [6.45, 7) is 5.76. The van der Waals surface area contributed by atoms with Crippen LogP contribution in [-0.4, -0.2) is 9.55 Å². The maximum Gasteiger partial charge on any atom is 0.0498 e. The van der Waals surface area contributed by atoms with Gasteiger partial charge < -0.3 is 4.57 Å². The molecule has 0 spiro atoms. The molecular weight excluding hydrogens is 196 g/mol. The van der Waals surface area contributed by atoms with Gasteiger partial charge in [-0.2, -0.15) is 0 Å². The van der Waals surface area contributed by atoms with Crippen molar-refractivity contribution in [1.29, 1.82) is 0 Å². The van der Waals surface area contributed by atoms with Gasteiger partial charge in [0, 0.05) is 41.3 Å². The van der Waals surface area contributed by atoms with Crippen molar-refractivity contribution < 1.29 is 0 Å². The lowest BCUT2D eigenvalue weighted by Gasteiger charge is -2.15. The highest BCUT2D eigenvalue weighted by Gasteiger charge is 2.31. The fourth-order valence-electron chi connectivity index (χ4n) is 2.59. The van der Waals surface area contributed by atoms with E-state index >= 15 is 0 Å². The molecule has 2 aromatic rings. The maximum absolute atomic E-state index is 4.19. The third-order valence-corrected chi connectivity index (χ3v) is 3.59. The van der Waals surface area contributed by atoms with Crippen LogP contribution < -0.4 is 0 Å². The van der Waals surface area contributed by atoms with E-state index in [4.69, 9.17) is 0 Å². The van der Waals surface area contributed by atoms with Gasteiger partial charge in [0.25, 0.3) is 0 Å². The standard InChI is InChI=1S/C14H16N2/c1-14(2)7-9-16-12(5-6-13(14)16)11-4-3-8-15-10-11/h3-6,8,10H,7,9H2,1-2H3. The van der Waals surface area contributed by atoms with E-state index in [0.29, 0.717) is 5.41 Å². The Hall–Kier alpha value is -1.57. The summed E-state index contributed by atoms with van der Waals surface area (Å²) >= 11 is 0. The van der Waals surface area contributed by atoms with Crippen molar-refractivity contribution in [3.05, 3.63) is 42.4 Å². The van der Waals surface area contributed by atoms with Gasteiger partial charge in [0.15, 0.2) is 0 Å². The number of hydrogen-bond donors (Lipinski definition) is 0. The Kier molecular flexibility index (Phi) is 1.93. The summed E-state index contributed by atoms with van der Waals surface area (Å²) in [4.78, 5) is 4.19. The first-order valence-corrected chi connectivity index (χ1v) is 5.79. The fraction of sp³-hybridized carbons (Fsp3) is 0.357. The molecule has 1 aliphatic rings. The average molecular weight is 212 g/mol. The number of fused-ring (bicyclic) bond motifs is 1. The highest BCUT2D eigenvalue weighted by molar-refractivity contribution is 5.60. The number of nitrogens with zero attached hydrogens (tertiary/aromatic N) is 2. The molecule has 3 rings (SSSR count). The molecule has 16 heavy (non-hydrogen) atoms. The quantitative estimate of drug-likeness (QED) is 0.709. The minimum atomic E-state index is 0.320. The Labute approximate surface area is 95.9 Å². The van der Waals surface area contributed by atoms with Crippen LogP contribution in [0.1, 0.15) is 26.0 Å². The van der Waals surface area contributed by atoms with E-state index in [0.717, 1.165) is 6.54 Å². The second-order valence-corrected chi connectivity index (χ2v) is 5.13. The zero-order valence-corrected chi connectivity index (χ0v) is 9.77. The number of aromatic nitrogens is 2. The Morgan fingerprint density at radius 3 is 2.88 bits per heavy atom. The van der Waals surface area contributed by atoms with E-state index in [1.165, 1.54) is 23.4 Å². The highest BCUT2D eigenvalue weighted by atomic mass is 15.0. The van der Waals surface area contributed by atoms with Crippen LogP contribution in [0.2, 0.25) is 0 Å². The summed E-state index contributed by atoms with van der Waals surface area (Å²) in [5.41, 5.74) is 4.28. The molecule has 0 fully saturated rings. The largest absolute Gasteiger partial charge is 0.344 e. The lowest BCUT2D eigenvalue weighted by Crippen LogP contribution is -2.11. The molecule has 0 saturated heterocycles. The van der Waals surface area contributed by atoms with Gasteiger partial charge in [-0.1, -0.05) is 13.8 Å². The summed E-state index contributed by atoms with van der Waals surface area (Å²) in [6.07, 6.45) is 4.99. The van der Waals surface area contributed by atoms with Crippen molar-refractivity contribution in [2.45, 2.75) is 32.2 Å². The maximum atomic E-state index is 4.19. The zero-order chi connectivity index (χ0) is 11.2. The smallest absolute Gasteiger partial charge is 0.0498 e. The monoisotopic (exact) mass is 212 g/mol. The van der Waals surface area contributed by atoms with Crippen molar-refractivity contribution in [2.24, 2.45) is 0 Å². The van der Waals surface area contributed by atoms with Crippen LogP contribution >= 0.6 is 0 Å². The lowest BCUT2D eigenvalue weighted by molar-refractivity contribution is 0.520. The van der Waals surface area contributed by atoms with Gasteiger partial charge in [-0.25, -0.2) is 0 Å². The van der Waals surface area contributed by atoms with Crippen LogP contribution in [0, 0.1) is 0 Å². The van der Waals surface area contributed by atoms with Crippen LogP contribution in [0.3, 0.4) is 0 Å². The summed E-state index contributed by atoms with van der Waals surface area (Å²) in [6, 6.07) is 8.60. The van der Waals surface area contributed by atoms with E-state index in [1.807, 2.05) is 18.5 Å². The normalized spacial score (nSPS) is 17.4. The Morgan fingerprint density at radius 1 is 1.25 bits per heavy atom. The highest BCUT2D eigenvalue weighted by Crippen LogP contribution is 2.38. The molecule has 82 valence electrons. The third-order valence-electron chi connectivity index (χ3n) is 3.59. The van der Waals surface area contributed by atoms with Crippen LogP contribution in [0.5, 0.6) is 0 Å². The minimum absolute atomic E-state index is 0.320. The third kappa shape index (κ3) is 1.29. The van der Waals surface area contributed by atoms with E-state index in [1.54, 1.807) is 0 Å². The van der Waals surface area contributed by atoms with Gasteiger partial charge in [-0.15, -0.1) is 0 Å². The Balaban J connectivity index is 2.13. The number of rotatable bonds is 1. The number of hydrogen-bond acceptors (Lipinski definition) is 1. The second-order valence-electron chi connectivity index (χ2n) is 5.13. The SMILES string of the molecule is CC1(C)CCn2c(-c3cccnc3)ccc21. The summed E-state index contributed by atoms with van der Waals surface area (Å²) in [7, 11) is 0. The molecule has 0 atom stereocenters. The van der Waals surface area contributed by atoms with Crippen molar-refractivity contribution in [3.63, 3.8) is 0 Å². The molecule has 0 unspecified atom stereocenters. The minimum Gasteiger partial charge on any atom is -0.344 e. The van der Waals surface area contributed by atoms with Crippen molar-refractivity contribution >= 4 is 0 Å². The first kappa shape index (κ1) is 9.64. The van der Waals surface area contributed by atoms with Crippen molar-refractivity contribution in [1.82, 2.24) is 9.55 Å². The molecule has 0 aromatic carbocycles. The lowest BCUT2D eigenvalue weighted by atomic mass is 9.89. The predicted octanol–water partition coefficient (Wildman–Crippen LogP) is 3.23. The Morgan fingerprint density at radius 2 is 2.12 bits per heavy atom. The molecule has 2 aromatic heterocycles. The van der Waals surface area contributed by atoms with E-state index < -0.39 is 0 Å². The van der Waals surface area contributed by atoms with Crippen LogP contribution in [0.15, 0.2) is 36.7 Å². The van der Waals surface area contributed by atoms with E-state index in [2.05, 4.69) is 41.6 Å². The molecule has 0 saturated carbocycles. The van der Waals surface area contributed by atoms with Gasteiger partial charge in [-0.3, -0.25) is 4.98 Å². The second kappa shape index (κ2) is 3.21. The first-order chi connectivity index (χ1) is 7.68. The molecular formula is C14H16N2. The van der Waals surface area contributed by atoms with Crippen molar-refractivity contribution in [3.8, 4) is 11.3 Å². The van der Waals surface area contributed by atoms with Crippen LogP contribution in [0.25, 0.3) is 11.3 Å². The molecule has 1 aliphatic heterocycles. The molecule has 0 aliphatic carbocycles. The Bertz CT molecular complexity index is 509. The molecule has 0 amide bonds. The topological polar surface area (TPSA) is 17.8 Å².